The zero-order valence-electron chi connectivity index (χ0n) is 13.0. The highest BCUT2D eigenvalue weighted by Gasteiger charge is 2.25. The lowest BCUT2D eigenvalue weighted by Crippen LogP contribution is -2.43. The Bertz CT molecular complexity index is 596. The fourth-order valence-electron chi connectivity index (χ4n) is 2.64. The number of nitrogens with one attached hydrogen (secondary N) is 1. The van der Waals surface area contributed by atoms with Crippen molar-refractivity contribution < 1.29 is 13.2 Å². The number of rotatable bonds is 5. The van der Waals surface area contributed by atoms with Crippen LogP contribution in [-0.4, -0.2) is 43.2 Å². The average molecular weight is 325 g/mol. The fraction of sp³-hybridized carbons (Fsp3) is 0.600. The first-order chi connectivity index (χ1) is 10.4. The maximum Gasteiger partial charge on any atom is 0.244 e. The van der Waals surface area contributed by atoms with E-state index in [1.807, 2.05) is 0 Å². The predicted octanol–water partition coefficient (Wildman–Crippen LogP) is 1.40. The number of likely N-dealkylation sites (N-methyl/N-ethyl adjacent to an activating group) is 1. The molecule has 6 nitrogen and oxygen atoms in total. The minimum absolute atomic E-state index is 0.0943. The van der Waals surface area contributed by atoms with Crippen LogP contribution in [0.3, 0.4) is 0 Å². The Kier molecular flexibility index (Phi) is 5.52. The molecule has 1 aromatic heterocycles. The number of sulfonamides is 1. The van der Waals surface area contributed by atoms with E-state index in [0.717, 1.165) is 30.0 Å². The number of hydrogen-bond acceptors (Lipinski definition) is 4. The van der Waals surface area contributed by atoms with Gasteiger partial charge in [0.15, 0.2) is 0 Å². The quantitative estimate of drug-likeness (QED) is 0.887. The van der Waals surface area contributed by atoms with E-state index in [-0.39, 0.29) is 23.4 Å². The molecule has 0 unspecified atom stereocenters. The third-order valence-electron chi connectivity index (χ3n) is 4.09. The normalized spacial score (nSPS) is 22.5. The molecule has 0 radical (unpaired) electrons. The molecule has 0 atom stereocenters. The van der Waals surface area contributed by atoms with Crippen LogP contribution in [0.15, 0.2) is 29.4 Å². The van der Waals surface area contributed by atoms with Crippen molar-refractivity contribution in [2.24, 2.45) is 5.92 Å². The van der Waals surface area contributed by atoms with Gasteiger partial charge in [-0.25, -0.2) is 8.42 Å². The number of hydrogen-bond donors (Lipinski definition) is 1. The first kappa shape index (κ1) is 16.9. The molecule has 122 valence electrons. The van der Waals surface area contributed by atoms with Crippen LogP contribution < -0.4 is 5.32 Å². The van der Waals surface area contributed by atoms with Crippen LogP contribution in [0.25, 0.3) is 0 Å². The highest BCUT2D eigenvalue weighted by atomic mass is 32.2. The number of amides is 1. The molecule has 22 heavy (non-hydrogen) atoms. The Morgan fingerprint density at radius 3 is 2.64 bits per heavy atom. The van der Waals surface area contributed by atoms with Crippen molar-refractivity contribution in [2.45, 2.75) is 43.5 Å². The molecule has 1 aliphatic carbocycles. The summed E-state index contributed by atoms with van der Waals surface area (Å²) < 4.78 is 25.7. The zero-order valence-corrected chi connectivity index (χ0v) is 13.8. The zero-order chi connectivity index (χ0) is 16.2. The first-order valence-corrected chi connectivity index (χ1v) is 8.99. The van der Waals surface area contributed by atoms with E-state index in [1.54, 1.807) is 6.07 Å². The van der Waals surface area contributed by atoms with Crippen molar-refractivity contribution in [3.63, 3.8) is 0 Å². The summed E-state index contributed by atoms with van der Waals surface area (Å²) in [5.74, 6) is 0.455. The van der Waals surface area contributed by atoms with Gasteiger partial charge in [0, 0.05) is 25.5 Å². The SMILES string of the molecule is CC1CCC(NC(=O)CN(C)S(=O)(=O)c2cccnc2)CC1. The lowest BCUT2D eigenvalue weighted by molar-refractivity contribution is -0.122. The van der Waals surface area contributed by atoms with Crippen molar-refractivity contribution in [1.82, 2.24) is 14.6 Å². The molecular formula is C15H23N3O3S. The Morgan fingerprint density at radius 2 is 2.05 bits per heavy atom. The minimum atomic E-state index is -3.67. The minimum Gasteiger partial charge on any atom is -0.352 e. The molecule has 1 saturated carbocycles. The second-order valence-corrected chi connectivity index (χ2v) is 8.02. The summed E-state index contributed by atoms with van der Waals surface area (Å²) in [5, 5.41) is 2.93. The molecule has 0 aliphatic heterocycles. The van der Waals surface area contributed by atoms with Crippen molar-refractivity contribution >= 4 is 15.9 Å². The molecule has 1 aliphatic rings. The topological polar surface area (TPSA) is 79.4 Å². The van der Waals surface area contributed by atoms with Crippen LogP contribution in [0, 0.1) is 5.92 Å². The summed E-state index contributed by atoms with van der Waals surface area (Å²) in [7, 11) is -2.27. The van der Waals surface area contributed by atoms with Crippen LogP contribution in [-0.2, 0) is 14.8 Å². The molecule has 2 rings (SSSR count). The van der Waals surface area contributed by atoms with Crippen LogP contribution >= 0.6 is 0 Å². The summed E-state index contributed by atoms with van der Waals surface area (Å²) in [6.45, 7) is 2.04. The van der Waals surface area contributed by atoms with Crippen LogP contribution in [0.1, 0.15) is 32.6 Å². The Labute approximate surface area is 132 Å². The third-order valence-corrected chi connectivity index (χ3v) is 5.88. The van der Waals surface area contributed by atoms with Gasteiger partial charge in [-0.15, -0.1) is 0 Å². The highest BCUT2D eigenvalue weighted by Crippen LogP contribution is 2.23. The molecular weight excluding hydrogens is 302 g/mol. The molecule has 0 aromatic carbocycles. The van der Waals surface area contributed by atoms with E-state index < -0.39 is 10.0 Å². The van der Waals surface area contributed by atoms with Crippen LogP contribution in [0.4, 0.5) is 0 Å². The van der Waals surface area contributed by atoms with E-state index in [0.29, 0.717) is 5.92 Å². The van der Waals surface area contributed by atoms with Gasteiger partial charge < -0.3 is 5.32 Å². The highest BCUT2D eigenvalue weighted by molar-refractivity contribution is 7.89. The van der Waals surface area contributed by atoms with E-state index >= 15 is 0 Å². The van der Waals surface area contributed by atoms with E-state index in [4.69, 9.17) is 0 Å². The molecule has 1 amide bonds. The maximum absolute atomic E-state index is 12.3. The summed E-state index contributed by atoms with van der Waals surface area (Å²) in [6.07, 6.45) is 6.93. The van der Waals surface area contributed by atoms with Crippen molar-refractivity contribution in [2.75, 3.05) is 13.6 Å². The van der Waals surface area contributed by atoms with Gasteiger partial charge in [-0.05, 0) is 43.7 Å². The van der Waals surface area contributed by atoms with Gasteiger partial charge in [-0.1, -0.05) is 6.92 Å². The third kappa shape index (κ3) is 4.27. The molecule has 0 bridgehead atoms. The van der Waals surface area contributed by atoms with Gasteiger partial charge in [0.05, 0.1) is 6.54 Å². The summed E-state index contributed by atoms with van der Waals surface area (Å²) in [4.78, 5) is 15.9. The van der Waals surface area contributed by atoms with E-state index in [2.05, 4.69) is 17.2 Å². The van der Waals surface area contributed by atoms with Gasteiger partial charge in [0.1, 0.15) is 4.90 Å². The number of pyridine rings is 1. The number of nitrogens with zero attached hydrogens (tertiary/aromatic N) is 2. The second-order valence-electron chi connectivity index (χ2n) is 5.97. The van der Waals surface area contributed by atoms with Gasteiger partial charge in [0.25, 0.3) is 0 Å². The lowest BCUT2D eigenvalue weighted by atomic mass is 9.87. The second kappa shape index (κ2) is 7.19. The monoisotopic (exact) mass is 325 g/mol. The molecule has 0 spiro atoms. The van der Waals surface area contributed by atoms with Crippen LogP contribution in [0.5, 0.6) is 0 Å². The van der Waals surface area contributed by atoms with Crippen molar-refractivity contribution in [3.8, 4) is 0 Å². The van der Waals surface area contributed by atoms with E-state index in [9.17, 15) is 13.2 Å². The number of aromatic nitrogens is 1. The largest absolute Gasteiger partial charge is 0.352 e. The lowest BCUT2D eigenvalue weighted by Gasteiger charge is -2.27. The number of carbonyl (C=O) groups excluding carboxylic acids is 1. The average Bonchev–Trinajstić information content (AvgIpc) is 2.50. The van der Waals surface area contributed by atoms with Crippen molar-refractivity contribution in [1.29, 1.82) is 0 Å². The maximum atomic E-state index is 12.3. The Balaban J connectivity index is 1.91. The summed E-state index contributed by atoms with van der Waals surface area (Å²) >= 11 is 0. The van der Waals surface area contributed by atoms with Crippen molar-refractivity contribution in [3.05, 3.63) is 24.5 Å². The van der Waals surface area contributed by atoms with E-state index in [1.165, 1.54) is 25.5 Å². The smallest absolute Gasteiger partial charge is 0.244 e. The Hall–Kier alpha value is -1.47. The van der Waals surface area contributed by atoms with Gasteiger partial charge in [-0.3, -0.25) is 9.78 Å². The molecule has 0 saturated heterocycles. The standard InChI is InChI=1S/C15H23N3O3S/c1-12-5-7-13(8-6-12)17-15(19)11-18(2)22(20,21)14-4-3-9-16-10-14/h3-4,9-10,12-13H,5-8,11H2,1-2H3,(H,17,19). The van der Waals surface area contributed by atoms with Crippen LogP contribution in [0.2, 0.25) is 0 Å². The first-order valence-electron chi connectivity index (χ1n) is 7.55. The summed E-state index contributed by atoms with van der Waals surface area (Å²) in [5.41, 5.74) is 0. The van der Waals surface area contributed by atoms with Gasteiger partial charge in [-0.2, -0.15) is 4.31 Å². The van der Waals surface area contributed by atoms with Gasteiger partial charge >= 0.3 is 0 Å². The molecule has 7 heteroatoms. The number of carbonyl (C=O) groups is 1. The summed E-state index contributed by atoms with van der Waals surface area (Å²) in [6, 6.07) is 3.20. The molecule has 1 aromatic rings. The Morgan fingerprint density at radius 1 is 1.36 bits per heavy atom. The predicted molar refractivity (Wildman–Crippen MR) is 83.6 cm³/mol. The molecule has 1 fully saturated rings. The fourth-order valence-corrected chi connectivity index (χ4v) is 3.74. The van der Waals surface area contributed by atoms with Gasteiger partial charge in [0.2, 0.25) is 15.9 Å². The molecule has 1 heterocycles. The molecule has 1 N–H and O–H groups in total.